The van der Waals surface area contributed by atoms with E-state index in [0.717, 1.165) is 5.01 Å². The van der Waals surface area contributed by atoms with Crippen molar-refractivity contribution < 1.29 is 5.11 Å². The van der Waals surface area contributed by atoms with Crippen LogP contribution in [-0.2, 0) is 6.61 Å². The van der Waals surface area contributed by atoms with Gasteiger partial charge in [-0.3, -0.25) is 0 Å². The zero-order chi connectivity index (χ0) is 14.8. The molecule has 4 heteroatoms. The van der Waals surface area contributed by atoms with Crippen LogP contribution >= 0.6 is 11.3 Å². The number of unbranched alkanes of at least 4 members (excludes halogenated alkanes) is 3. The van der Waals surface area contributed by atoms with Crippen LogP contribution in [0.2, 0.25) is 13.3 Å². The fourth-order valence-corrected chi connectivity index (χ4v) is 20.8. The summed E-state index contributed by atoms with van der Waals surface area (Å²) in [4.78, 5) is 4.82. The van der Waals surface area contributed by atoms with Crippen LogP contribution in [0.5, 0.6) is 0 Å². The molecule has 1 N–H and O–H groups in total. The van der Waals surface area contributed by atoms with Gasteiger partial charge in [0.05, 0.1) is 0 Å². The number of rotatable bonds is 11. The van der Waals surface area contributed by atoms with Crippen LogP contribution in [0.3, 0.4) is 0 Å². The van der Waals surface area contributed by atoms with Crippen LogP contribution in [-0.4, -0.2) is 28.5 Å². The van der Waals surface area contributed by atoms with Gasteiger partial charge in [0.25, 0.3) is 0 Å². The molecule has 0 fully saturated rings. The molecule has 0 saturated carbocycles. The Balaban J connectivity index is 2.97. The molecule has 116 valence electrons. The van der Waals surface area contributed by atoms with E-state index in [9.17, 15) is 5.11 Å². The molecule has 2 nitrogen and oxygen atoms in total. The molecule has 0 radical (unpaired) electrons. The molecule has 0 aliphatic rings. The number of aromatic nitrogens is 1. The van der Waals surface area contributed by atoms with Crippen LogP contribution in [0.4, 0.5) is 0 Å². The fourth-order valence-electron chi connectivity index (χ4n) is 2.93. The molecule has 0 atom stereocenters. The summed E-state index contributed by atoms with van der Waals surface area (Å²) in [5, 5.41) is 12.5. The molecule has 1 rings (SSSR count). The minimum atomic E-state index is -2.31. The Hall–Kier alpha value is 0.389. The second kappa shape index (κ2) is 10.2. The van der Waals surface area contributed by atoms with Crippen molar-refractivity contribution in [2.45, 2.75) is 79.2 Å². The fraction of sp³-hybridized carbons (Fsp3) is 0.812. The Morgan fingerprint density at radius 3 is 1.85 bits per heavy atom. The van der Waals surface area contributed by atoms with Crippen LogP contribution in [0.25, 0.3) is 0 Å². The summed E-state index contributed by atoms with van der Waals surface area (Å²) in [7, 11) is 0. The van der Waals surface area contributed by atoms with E-state index in [0.29, 0.717) is 0 Å². The molecule has 0 aliphatic carbocycles. The molecule has 0 aromatic carbocycles. The van der Waals surface area contributed by atoms with Crippen molar-refractivity contribution in [3.8, 4) is 0 Å². The van der Waals surface area contributed by atoms with Gasteiger partial charge in [0.1, 0.15) is 0 Å². The van der Waals surface area contributed by atoms with Gasteiger partial charge in [0.15, 0.2) is 0 Å². The Bertz CT molecular complexity index is 345. The zero-order valence-electron chi connectivity index (χ0n) is 13.5. The summed E-state index contributed by atoms with van der Waals surface area (Å²) in [6.45, 7) is 7.02. The Morgan fingerprint density at radius 2 is 1.50 bits per heavy atom. The van der Waals surface area contributed by atoms with Gasteiger partial charge in [-0.1, -0.05) is 0 Å². The van der Waals surface area contributed by atoms with Gasteiger partial charge >= 0.3 is 133 Å². The van der Waals surface area contributed by atoms with Crippen LogP contribution < -0.4 is 3.71 Å². The van der Waals surface area contributed by atoms with Crippen LogP contribution in [0, 0.1) is 0 Å². The molecule has 1 heterocycles. The van der Waals surface area contributed by atoms with Gasteiger partial charge in [-0.2, -0.15) is 0 Å². The van der Waals surface area contributed by atoms with Crippen molar-refractivity contribution in [2.24, 2.45) is 0 Å². The predicted octanol–water partition coefficient (Wildman–Crippen LogP) is 4.69. The molecular formula is C16H31NOSSn. The molecule has 0 spiro atoms. The van der Waals surface area contributed by atoms with E-state index in [1.54, 1.807) is 11.3 Å². The molecule has 0 amide bonds. The first-order chi connectivity index (χ1) is 9.72. The zero-order valence-corrected chi connectivity index (χ0v) is 17.1. The average Bonchev–Trinajstić information content (AvgIpc) is 2.96. The summed E-state index contributed by atoms with van der Waals surface area (Å²) in [6.07, 6.45) is 8.01. The number of hydrogen-bond acceptors (Lipinski definition) is 3. The molecule has 0 aliphatic heterocycles. The standard InChI is InChI=1S/C4H4NOS.3C4H9.Sn/c6-3-4-5-1-2-7-4;3*1-3-4-2;/h2,6H,3H2;3*1,3-4H2,2H3;. The molecule has 0 bridgehead atoms. The SMILES string of the molecule is CCC[CH2][Sn]([CH2]CCC)([CH2]CCC)[c]1csc(CO)n1. The maximum absolute atomic E-state index is 9.32. The van der Waals surface area contributed by atoms with E-state index in [1.165, 1.54) is 55.5 Å². The third kappa shape index (κ3) is 5.30. The van der Waals surface area contributed by atoms with Crippen LogP contribution in [0.15, 0.2) is 5.38 Å². The second-order valence-corrected chi connectivity index (χ2v) is 19.9. The molecule has 0 unspecified atom stereocenters. The minimum absolute atomic E-state index is 0.113. The first-order valence-corrected chi connectivity index (χ1v) is 16.6. The number of aliphatic hydroxyl groups is 1. The summed E-state index contributed by atoms with van der Waals surface area (Å²) < 4.78 is 5.84. The van der Waals surface area contributed by atoms with Crippen molar-refractivity contribution in [3.05, 3.63) is 10.4 Å². The quantitative estimate of drug-likeness (QED) is 0.543. The first-order valence-electron chi connectivity index (χ1n) is 8.28. The Labute approximate surface area is 132 Å². The Kier molecular flexibility index (Phi) is 9.38. The molecule has 20 heavy (non-hydrogen) atoms. The van der Waals surface area contributed by atoms with Gasteiger partial charge < -0.3 is 0 Å². The maximum atomic E-state index is 9.32. The van der Waals surface area contributed by atoms with Gasteiger partial charge in [-0.05, 0) is 0 Å². The third-order valence-corrected chi connectivity index (χ3v) is 20.7. The van der Waals surface area contributed by atoms with Crippen molar-refractivity contribution in [3.63, 3.8) is 0 Å². The summed E-state index contributed by atoms with van der Waals surface area (Å²) in [6, 6.07) is 0. The molecule has 1 aromatic rings. The summed E-state index contributed by atoms with van der Waals surface area (Å²) in [5.74, 6) is 0. The number of thiazole rings is 1. The summed E-state index contributed by atoms with van der Waals surface area (Å²) in [5.41, 5.74) is 0. The monoisotopic (exact) mass is 405 g/mol. The van der Waals surface area contributed by atoms with Crippen molar-refractivity contribution in [2.75, 3.05) is 0 Å². The van der Waals surface area contributed by atoms with Crippen molar-refractivity contribution in [1.29, 1.82) is 0 Å². The van der Waals surface area contributed by atoms with E-state index in [2.05, 4.69) is 26.2 Å². The van der Waals surface area contributed by atoms with Gasteiger partial charge in [0, 0.05) is 0 Å². The predicted molar refractivity (Wildman–Crippen MR) is 92.6 cm³/mol. The first kappa shape index (κ1) is 18.4. The molecule has 0 saturated heterocycles. The van der Waals surface area contributed by atoms with Gasteiger partial charge in [-0.15, -0.1) is 0 Å². The van der Waals surface area contributed by atoms with Gasteiger partial charge in [-0.25, -0.2) is 0 Å². The van der Waals surface area contributed by atoms with E-state index < -0.39 is 18.4 Å². The number of aliphatic hydroxyl groups excluding tert-OH is 1. The summed E-state index contributed by atoms with van der Waals surface area (Å²) >= 11 is -0.643. The number of hydrogen-bond donors (Lipinski definition) is 1. The Morgan fingerprint density at radius 1 is 1.00 bits per heavy atom. The third-order valence-electron chi connectivity index (χ3n) is 4.26. The van der Waals surface area contributed by atoms with Crippen molar-refractivity contribution >= 4 is 33.4 Å². The van der Waals surface area contributed by atoms with E-state index in [-0.39, 0.29) is 6.61 Å². The van der Waals surface area contributed by atoms with E-state index in [4.69, 9.17) is 4.98 Å². The average molecular weight is 404 g/mol. The van der Waals surface area contributed by atoms with Gasteiger partial charge in [0.2, 0.25) is 0 Å². The topological polar surface area (TPSA) is 33.1 Å². The second-order valence-electron chi connectivity index (χ2n) is 5.88. The van der Waals surface area contributed by atoms with Crippen molar-refractivity contribution in [1.82, 2.24) is 4.98 Å². The van der Waals surface area contributed by atoms with E-state index >= 15 is 0 Å². The molecular weight excluding hydrogens is 373 g/mol. The normalized spacial score (nSPS) is 12.0. The van der Waals surface area contributed by atoms with Crippen LogP contribution in [0.1, 0.15) is 64.3 Å². The number of nitrogens with zero attached hydrogens (tertiary/aromatic N) is 1. The molecule has 1 aromatic heterocycles. The van der Waals surface area contributed by atoms with E-state index in [1.807, 2.05) is 0 Å².